The first-order chi connectivity index (χ1) is 8.19. The molecule has 0 spiro atoms. The van der Waals surface area contributed by atoms with E-state index in [-0.39, 0.29) is 11.1 Å². The second-order valence-corrected chi connectivity index (χ2v) is 6.34. The fraction of sp³-hybridized carbons (Fsp3) is 0.571. The van der Waals surface area contributed by atoms with Gasteiger partial charge in [0, 0.05) is 17.3 Å². The second kappa shape index (κ2) is 4.05. The number of aromatic nitrogens is 2. The Morgan fingerprint density at radius 1 is 1.28 bits per heavy atom. The molecule has 0 atom stereocenters. The average Bonchev–Trinajstić information content (AvgIpc) is 2.17. The van der Waals surface area contributed by atoms with Crippen LogP contribution in [-0.2, 0) is 0 Å². The molecule has 0 aromatic carbocycles. The van der Waals surface area contributed by atoms with Crippen molar-refractivity contribution in [3.63, 3.8) is 0 Å². The van der Waals surface area contributed by atoms with Crippen molar-refractivity contribution in [1.82, 2.24) is 15.3 Å². The normalized spacial score (nSPS) is 21.5. The van der Waals surface area contributed by atoms with E-state index in [1.165, 1.54) is 5.57 Å². The molecule has 4 heteroatoms. The molecule has 0 bridgehead atoms. The van der Waals surface area contributed by atoms with Crippen LogP contribution >= 0.6 is 0 Å². The highest BCUT2D eigenvalue weighted by molar-refractivity contribution is 5.68. The van der Waals surface area contributed by atoms with Gasteiger partial charge in [-0.15, -0.1) is 0 Å². The summed E-state index contributed by atoms with van der Waals surface area (Å²) in [5, 5.41) is 3.61. The van der Waals surface area contributed by atoms with Crippen molar-refractivity contribution < 1.29 is 0 Å². The molecule has 18 heavy (non-hydrogen) atoms. The van der Waals surface area contributed by atoms with Gasteiger partial charge in [-0.1, -0.05) is 6.08 Å². The summed E-state index contributed by atoms with van der Waals surface area (Å²) in [6.07, 6.45) is 4.97. The smallest absolute Gasteiger partial charge is 0.220 e. The molecule has 1 aliphatic rings. The van der Waals surface area contributed by atoms with Crippen molar-refractivity contribution in [2.45, 2.75) is 52.1 Å². The maximum atomic E-state index is 5.70. The quantitative estimate of drug-likeness (QED) is 0.798. The van der Waals surface area contributed by atoms with Gasteiger partial charge in [0.05, 0.1) is 5.69 Å². The molecule has 1 aromatic heterocycles. The summed E-state index contributed by atoms with van der Waals surface area (Å²) >= 11 is 0. The van der Waals surface area contributed by atoms with Crippen molar-refractivity contribution in [2.75, 3.05) is 5.73 Å². The Morgan fingerprint density at radius 3 is 2.56 bits per heavy atom. The van der Waals surface area contributed by atoms with E-state index in [4.69, 9.17) is 5.73 Å². The molecule has 0 amide bonds. The Hall–Kier alpha value is -1.42. The van der Waals surface area contributed by atoms with Crippen LogP contribution in [0.5, 0.6) is 0 Å². The minimum atomic E-state index is -0.0385. The van der Waals surface area contributed by atoms with Crippen molar-refractivity contribution >= 4 is 11.5 Å². The minimum absolute atomic E-state index is 0.0385. The number of hydrogen-bond acceptors (Lipinski definition) is 4. The first-order valence-electron chi connectivity index (χ1n) is 6.29. The predicted octanol–water partition coefficient (Wildman–Crippen LogP) is 2.30. The van der Waals surface area contributed by atoms with E-state index in [1.54, 1.807) is 6.20 Å². The number of nitrogens with zero attached hydrogens (tertiary/aromatic N) is 2. The number of rotatable bonds is 1. The number of aryl methyl sites for hydroxylation is 1. The zero-order chi connectivity index (χ0) is 13.6. The number of anilines is 1. The van der Waals surface area contributed by atoms with Gasteiger partial charge in [0.25, 0.3) is 0 Å². The number of nitrogens with one attached hydrogen (secondary N) is 1. The molecular weight excluding hydrogens is 224 g/mol. The molecule has 0 unspecified atom stereocenters. The molecule has 98 valence electrons. The van der Waals surface area contributed by atoms with Gasteiger partial charge in [-0.05, 0) is 52.2 Å². The lowest BCUT2D eigenvalue weighted by molar-refractivity contribution is 0.297. The fourth-order valence-corrected chi connectivity index (χ4v) is 2.85. The van der Waals surface area contributed by atoms with E-state index >= 15 is 0 Å². The summed E-state index contributed by atoms with van der Waals surface area (Å²) in [7, 11) is 0. The molecule has 0 aliphatic carbocycles. The first-order valence-corrected chi connectivity index (χ1v) is 6.29. The largest absolute Gasteiger partial charge is 0.368 e. The maximum absolute atomic E-state index is 5.70. The highest BCUT2D eigenvalue weighted by Gasteiger charge is 2.33. The molecule has 3 N–H and O–H groups in total. The van der Waals surface area contributed by atoms with Crippen molar-refractivity contribution in [1.29, 1.82) is 0 Å². The number of nitrogen functional groups attached to an aromatic ring is 1. The molecule has 2 heterocycles. The molecule has 0 saturated carbocycles. The van der Waals surface area contributed by atoms with Crippen LogP contribution in [0.3, 0.4) is 0 Å². The Bertz CT molecular complexity index is 501. The van der Waals surface area contributed by atoms with Crippen LogP contribution in [0, 0.1) is 6.92 Å². The van der Waals surface area contributed by atoms with Gasteiger partial charge in [0.1, 0.15) is 0 Å². The van der Waals surface area contributed by atoms with E-state index in [2.05, 4.69) is 49.1 Å². The lowest BCUT2D eigenvalue weighted by atomic mass is 9.82. The molecule has 1 aliphatic heterocycles. The van der Waals surface area contributed by atoms with Crippen molar-refractivity contribution in [3.05, 3.63) is 23.5 Å². The van der Waals surface area contributed by atoms with Crippen LogP contribution in [0.15, 0.2) is 12.3 Å². The molecule has 0 radical (unpaired) electrons. The van der Waals surface area contributed by atoms with Crippen LogP contribution in [-0.4, -0.2) is 21.0 Å². The van der Waals surface area contributed by atoms with Crippen LogP contribution in [0.1, 0.15) is 45.4 Å². The highest BCUT2D eigenvalue weighted by atomic mass is 15.0. The molecule has 0 fully saturated rings. The lowest BCUT2D eigenvalue weighted by Crippen LogP contribution is -2.53. The summed E-state index contributed by atoms with van der Waals surface area (Å²) in [4.78, 5) is 8.43. The van der Waals surface area contributed by atoms with Crippen LogP contribution < -0.4 is 11.1 Å². The van der Waals surface area contributed by atoms with Crippen LogP contribution in [0.2, 0.25) is 0 Å². The van der Waals surface area contributed by atoms with Gasteiger partial charge in [0.2, 0.25) is 5.95 Å². The number of hydrogen-bond donors (Lipinski definition) is 2. The first kappa shape index (κ1) is 13.0. The predicted molar refractivity (Wildman–Crippen MR) is 75.1 cm³/mol. The van der Waals surface area contributed by atoms with Gasteiger partial charge < -0.3 is 11.1 Å². The Kier molecular flexibility index (Phi) is 2.93. The molecule has 0 saturated heterocycles. The third kappa shape index (κ3) is 2.70. The zero-order valence-electron chi connectivity index (χ0n) is 11.8. The fourth-order valence-electron chi connectivity index (χ4n) is 2.85. The van der Waals surface area contributed by atoms with Gasteiger partial charge in [0.15, 0.2) is 0 Å². The summed E-state index contributed by atoms with van der Waals surface area (Å²) < 4.78 is 0. The maximum Gasteiger partial charge on any atom is 0.220 e. The molecular formula is C14H22N4. The second-order valence-electron chi connectivity index (χ2n) is 6.34. The standard InChI is InChI=1S/C14H22N4/c1-9-8-16-12(15)17-11(9)10-6-13(2,3)18-14(4,5)7-10/h6,8,18H,7H2,1-5H3,(H2,15,16,17). The Morgan fingerprint density at radius 2 is 1.94 bits per heavy atom. The molecule has 2 rings (SSSR count). The Labute approximate surface area is 109 Å². The van der Waals surface area contributed by atoms with E-state index < -0.39 is 0 Å². The molecule has 4 nitrogen and oxygen atoms in total. The van der Waals surface area contributed by atoms with E-state index in [0.717, 1.165) is 17.7 Å². The minimum Gasteiger partial charge on any atom is -0.368 e. The summed E-state index contributed by atoms with van der Waals surface area (Å²) in [5.41, 5.74) is 9.02. The van der Waals surface area contributed by atoms with Gasteiger partial charge in [-0.3, -0.25) is 0 Å². The summed E-state index contributed by atoms with van der Waals surface area (Å²) in [6.45, 7) is 10.8. The third-order valence-electron chi connectivity index (χ3n) is 3.12. The lowest BCUT2D eigenvalue weighted by Gasteiger charge is -2.41. The van der Waals surface area contributed by atoms with E-state index in [1.807, 2.05) is 6.92 Å². The van der Waals surface area contributed by atoms with Crippen molar-refractivity contribution in [3.8, 4) is 0 Å². The van der Waals surface area contributed by atoms with Gasteiger partial charge in [-0.25, -0.2) is 9.97 Å². The van der Waals surface area contributed by atoms with Gasteiger partial charge >= 0.3 is 0 Å². The third-order valence-corrected chi connectivity index (χ3v) is 3.12. The van der Waals surface area contributed by atoms with E-state index in [0.29, 0.717) is 5.95 Å². The Balaban J connectivity index is 2.50. The number of nitrogens with two attached hydrogens (primary N) is 1. The average molecular weight is 246 g/mol. The van der Waals surface area contributed by atoms with Gasteiger partial charge in [-0.2, -0.15) is 0 Å². The molecule has 1 aromatic rings. The summed E-state index contributed by atoms with van der Waals surface area (Å²) in [5.74, 6) is 0.339. The van der Waals surface area contributed by atoms with Crippen LogP contribution in [0.25, 0.3) is 5.57 Å². The summed E-state index contributed by atoms with van der Waals surface area (Å²) in [6, 6.07) is 0. The van der Waals surface area contributed by atoms with Crippen molar-refractivity contribution in [2.24, 2.45) is 0 Å². The highest BCUT2D eigenvalue weighted by Crippen LogP contribution is 2.33. The van der Waals surface area contributed by atoms with Crippen LogP contribution in [0.4, 0.5) is 5.95 Å². The van der Waals surface area contributed by atoms with E-state index in [9.17, 15) is 0 Å². The topological polar surface area (TPSA) is 63.8 Å². The monoisotopic (exact) mass is 246 g/mol. The zero-order valence-corrected chi connectivity index (χ0v) is 11.8. The SMILES string of the molecule is Cc1cnc(N)nc1C1=CC(C)(C)NC(C)(C)C1.